The molecule has 2 heterocycles. The lowest BCUT2D eigenvalue weighted by atomic mass is 9.99. The lowest BCUT2D eigenvalue weighted by Crippen LogP contribution is -1.85. The van der Waals surface area contributed by atoms with Gasteiger partial charge >= 0.3 is 0 Å². The molecule has 0 fully saturated rings. The van der Waals surface area contributed by atoms with E-state index in [-0.39, 0.29) is 0 Å². The molecule has 2 heteroatoms. The number of allylic oxidation sites excluding steroid dienone is 2. The van der Waals surface area contributed by atoms with Crippen LogP contribution in [0.2, 0.25) is 0 Å². The molecule has 30 heavy (non-hydrogen) atoms. The predicted octanol–water partition coefficient (Wildman–Crippen LogP) is 7.97. The Hall–Kier alpha value is -3.78. The lowest BCUT2D eigenvalue weighted by molar-refractivity contribution is 0.617. The Balaban J connectivity index is 1.79. The molecule has 0 aliphatic heterocycles. The molecule has 146 valence electrons. The van der Waals surface area contributed by atoms with E-state index in [1.165, 1.54) is 0 Å². The monoisotopic (exact) mass is 390 g/mol. The third kappa shape index (κ3) is 2.98. The highest BCUT2D eigenvalue weighted by atomic mass is 16.3. The van der Waals surface area contributed by atoms with Crippen molar-refractivity contribution in [2.24, 2.45) is 0 Å². The summed E-state index contributed by atoms with van der Waals surface area (Å²) in [6.45, 7) is 7.91. The van der Waals surface area contributed by atoms with E-state index in [1.54, 1.807) is 0 Å². The highest BCUT2D eigenvalue weighted by molar-refractivity contribution is 6.01. The number of rotatable bonds is 6. The molecule has 0 atom stereocenters. The van der Waals surface area contributed by atoms with Crippen LogP contribution in [0.15, 0.2) is 107 Å². The Morgan fingerprint density at radius 3 is 1.43 bits per heavy atom. The fourth-order valence-electron chi connectivity index (χ4n) is 4.13. The summed E-state index contributed by atoms with van der Waals surface area (Å²) < 4.78 is 12.7. The Kier molecular flexibility index (Phi) is 4.61. The highest BCUT2D eigenvalue weighted by Crippen LogP contribution is 2.40. The lowest BCUT2D eigenvalue weighted by Gasteiger charge is -2.01. The van der Waals surface area contributed by atoms with E-state index < -0.39 is 0 Å². The van der Waals surface area contributed by atoms with E-state index in [4.69, 9.17) is 8.83 Å². The van der Waals surface area contributed by atoms with Crippen molar-refractivity contribution in [1.82, 2.24) is 0 Å². The maximum Gasteiger partial charge on any atom is 0.138 e. The van der Waals surface area contributed by atoms with Crippen LogP contribution in [0, 0.1) is 0 Å². The smallest absolute Gasteiger partial charge is 0.138 e. The zero-order valence-corrected chi connectivity index (χ0v) is 16.7. The van der Waals surface area contributed by atoms with Crippen LogP contribution < -0.4 is 0 Å². The fourth-order valence-corrected chi connectivity index (χ4v) is 4.13. The van der Waals surface area contributed by atoms with Crippen molar-refractivity contribution in [2.45, 2.75) is 12.8 Å². The van der Waals surface area contributed by atoms with Gasteiger partial charge < -0.3 is 8.83 Å². The molecule has 0 N–H and O–H groups in total. The van der Waals surface area contributed by atoms with Gasteiger partial charge in [0.1, 0.15) is 22.7 Å². The fraction of sp³-hybridized carbons (Fsp3) is 0.0714. The number of hydrogen-bond acceptors (Lipinski definition) is 2. The van der Waals surface area contributed by atoms with E-state index >= 15 is 0 Å². The summed E-state index contributed by atoms with van der Waals surface area (Å²) in [5, 5.41) is 2.21. The minimum Gasteiger partial charge on any atom is -0.456 e. The zero-order valence-electron chi connectivity index (χ0n) is 16.7. The van der Waals surface area contributed by atoms with Crippen molar-refractivity contribution in [1.29, 1.82) is 0 Å². The topological polar surface area (TPSA) is 26.3 Å². The first-order chi connectivity index (χ1) is 14.8. The second-order valence-corrected chi connectivity index (χ2v) is 7.38. The third-order valence-electron chi connectivity index (χ3n) is 5.47. The number of fused-ring (bicyclic) bond motifs is 2. The Morgan fingerprint density at radius 2 is 1.03 bits per heavy atom. The molecule has 0 aliphatic rings. The molecular formula is C28H22O2. The second kappa shape index (κ2) is 7.57. The van der Waals surface area contributed by atoms with Gasteiger partial charge in [0.25, 0.3) is 0 Å². The van der Waals surface area contributed by atoms with E-state index in [9.17, 15) is 0 Å². The molecule has 5 aromatic rings. The van der Waals surface area contributed by atoms with Crippen LogP contribution in [0.25, 0.3) is 44.6 Å². The van der Waals surface area contributed by atoms with Crippen LogP contribution in [-0.4, -0.2) is 0 Å². The van der Waals surface area contributed by atoms with Gasteiger partial charge in [-0.2, -0.15) is 0 Å². The maximum atomic E-state index is 6.33. The minimum atomic E-state index is 0.739. The van der Waals surface area contributed by atoms with Gasteiger partial charge in [-0.25, -0.2) is 0 Å². The summed E-state index contributed by atoms with van der Waals surface area (Å²) in [6, 6.07) is 24.7. The Bertz CT molecular complexity index is 1250. The number of furan rings is 2. The molecule has 3 aromatic carbocycles. The molecular weight excluding hydrogens is 368 g/mol. The second-order valence-electron chi connectivity index (χ2n) is 7.38. The highest BCUT2D eigenvalue weighted by Gasteiger charge is 2.20. The van der Waals surface area contributed by atoms with Gasteiger partial charge in [-0.05, 0) is 18.9 Å². The minimum absolute atomic E-state index is 0.739. The molecule has 0 amide bonds. The van der Waals surface area contributed by atoms with Crippen LogP contribution in [0.5, 0.6) is 0 Å². The molecule has 0 aliphatic carbocycles. The van der Waals surface area contributed by atoms with Gasteiger partial charge in [-0.1, -0.05) is 72.8 Å². The van der Waals surface area contributed by atoms with E-state index in [2.05, 4.69) is 43.5 Å². The van der Waals surface area contributed by atoms with E-state index in [0.717, 1.165) is 68.6 Å². The molecule has 0 saturated heterocycles. The van der Waals surface area contributed by atoms with Crippen molar-refractivity contribution in [3.8, 4) is 22.6 Å². The van der Waals surface area contributed by atoms with Crippen molar-refractivity contribution in [3.63, 3.8) is 0 Å². The molecule has 0 saturated carbocycles. The van der Waals surface area contributed by atoms with Gasteiger partial charge in [0.15, 0.2) is 0 Å². The van der Waals surface area contributed by atoms with Gasteiger partial charge in [-0.3, -0.25) is 0 Å². The average molecular weight is 390 g/mol. The first-order valence-electron chi connectivity index (χ1n) is 10.1. The van der Waals surface area contributed by atoms with E-state index in [0.29, 0.717) is 0 Å². The largest absolute Gasteiger partial charge is 0.456 e. The maximum absolute atomic E-state index is 6.33. The SMILES string of the molecule is C=CCc1c(-c2ccccc2)oc2cc3oc(-c4ccccc4)c(CC=C)c3cc12. The van der Waals surface area contributed by atoms with Crippen molar-refractivity contribution < 1.29 is 8.83 Å². The Morgan fingerprint density at radius 1 is 0.600 bits per heavy atom. The average Bonchev–Trinajstić information content (AvgIpc) is 3.32. The van der Waals surface area contributed by atoms with Crippen molar-refractivity contribution in [2.75, 3.05) is 0 Å². The molecule has 5 rings (SSSR count). The molecule has 0 radical (unpaired) electrons. The quantitative estimate of drug-likeness (QED) is 0.275. The summed E-state index contributed by atoms with van der Waals surface area (Å²) in [5.74, 6) is 1.79. The van der Waals surface area contributed by atoms with Gasteiger partial charge in [0.05, 0.1) is 0 Å². The molecule has 2 aromatic heterocycles. The van der Waals surface area contributed by atoms with E-state index in [1.807, 2.05) is 54.6 Å². The summed E-state index contributed by atoms with van der Waals surface area (Å²) >= 11 is 0. The third-order valence-corrected chi connectivity index (χ3v) is 5.47. The van der Waals surface area contributed by atoms with Crippen LogP contribution in [0.4, 0.5) is 0 Å². The van der Waals surface area contributed by atoms with Crippen LogP contribution in [-0.2, 0) is 12.8 Å². The summed E-state index contributed by atoms with van der Waals surface area (Å²) in [5.41, 5.74) is 6.10. The van der Waals surface area contributed by atoms with Gasteiger partial charge in [-0.15, -0.1) is 13.2 Å². The molecule has 0 bridgehead atoms. The first kappa shape index (κ1) is 18.3. The van der Waals surface area contributed by atoms with Gasteiger partial charge in [0, 0.05) is 39.1 Å². The summed E-state index contributed by atoms with van der Waals surface area (Å²) in [7, 11) is 0. The summed E-state index contributed by atoms with van der Waals surface area (Å²) in [6.07, 6.45) is 5.33. The molecule has 0 unspecified atom stereocenters. The zero-order chi connectivity index (χ0) is 20.5. The first-order valence-corrected chi connectivity index (χ1v) is 10.1. The standard InChI is InChI=1S/C28H22O2/c1-3-11-21-23-17-24-22(12-4-2)28(20-15-9-6-10-16-20)30-26(24)18-25(23)29-27(21)19-13-7-5-8-14-19/h3-10,13-18H,1-2,11-12H2. The predicted molar refractivity (Wildman–Crippen MR) is 125 cm³/mol. The number of benzene rings is 3. The van der Waals surface area contributed by atoms with Gasteiger partial charge in [0.2, 0.25) is 0 Å². The summed E-state index contributed by atoms with van der Waals surface area (Å²) in [4.78, 5) is 0. The number of hydrogen-bond donors (Lipinski definition) is 0. The molecule has 2 nitrogen and oxygen atoms in total. The van der Waals surface area contributed by atoms with Crippen LogP contribution >= 0.6 is 0 Å². The van der Waals surface area contributed by atoms with Crippen LogP contribution in [0.3, 0.4) is 0 Å². The van der Waals surface area contributed by atoms with Crippen molar-refractivity contribution >= 4 is 21.9 Å². The molecule has 0 spiro atoms. The van der Waals surface area contributed by atoms with Crippen molar-refractivity contribution in [3.05, 3.63) is 109 Å². The normalized spacial score (nSPS) is 11.2. The van der Waals surface area contributed by atoms with Crippen LogP contribution in [0.1, 0.15) is 11.1 Å². The Labute approximate surface area is 175 Å².